The maximum Gasteiger partial charge on any atom is 0.433 e. The van der Waals surface area contributed by atoms with Crippen molar-refractivity contribution in [3.63, 3.8) is 0 Å². The lowest BCUT2D eigenvalue weighted by molar-refractivity contribution is -0.141. The first-order chi connectivity index (χ1) is 16.8. The van der Waals surface area contributed by atoms with Gasteiger partial charge in [-0.1, -0.05) is 36.4 Å². The van der Waals surface area contributed by atoms with Gasteiger partial charge in [-0.2, -0.15) is 13.2 Å². The van der Waals surface area contributed by atoms with E-state index >= 15 is 0 Å². The van der Waals surface area contributed by atoms with Gasteiger partial charge in [-0.3, -0.25) is 4.79 Å². The van der Waals surface area contributed by atoms with Crippen LogP contribution < -0.4 is 9.80 Å². The van der Waals surface area contributed by atoms with Gasteiger partial charge in [-0.25, -0.2) is 19.7 Å². The SMILES string of the molecule is O=C1C2CN(c3nccc4nc(C(F)(F)F)ccc34)CCN2C(=O)N1c1cccc2ccccc12. The molecule has 1 unspecified atom stereocenters. The summed E-state index contributed by atoms with van der Waals surface area (Å²) in [4.78, 5) is 39.5. The molecule has 0 bridgehead atoms. The van der Waals surface area contributed by atoms with Crippen molar-refractivity contribution in [1.29, 1.82) is 0 Å². The van der Waals surface area contributed by atoms with Gasteiger partial charge in [0.25, 0.3) is 5.91 Å². The molecular weight excluding hydrogens is 459 g/mol. The van der Waals surface area contributed by atoms with Crippen LogP contribution in [0, 0.1) is 0 Å². The van der Waals surface area contributed by atoms with E-state index in [1.165, 1.54) is 23.2 Å². The fraction of sp³-hybridized carbons (Fsp3) is 0.200. The van der Waals surface area contributed by atoms with Gasteiger partial charge in [0.1, 0.15) is 17.6 Å². The number of imide groups is 1. The number of carbonyl (C=O) groups excluding carboxylic acids is 2. The van der Waals surface area contributed by atoms with Crippen molar-refractivity contribution in [3.05, 3.63) is 72.6 Å². The normalized spacial score (nSPS) is 18.6. The van der Waals surface area contributed by atoms with E-state index in [0.717, 1.165) is 16.8 Å². The maximum atomic E-state index is 13.5. The third-order valence-corrected chi connectivity index (χ3v) is 6.52. The minimum Gasteiger partial charge on any atom is -0.352 e. The molecule has 35 heavy (non-hydrogen) atoms. The summed E-state index contributed by atoms with van der Waals surface area (Å²) in [5.41, 5.74) is -0.279. The zero-order valence-electron chi connectivity index (χ0n) is 18.2. The van der Waals surface area contributed by atoms with Crippen molar-refractivity contribution in [2.75, 3.05) is 29.4 Å². The number of rotatable bonds is 2. The molecule has 4 aromatic rings. The minimum atomic E-state index is -4.55. The van der Waals surface area contributed by atoms with E-state index in [-0.39, 0.29) is 30.5 Å². The van der Waals surface area contributed by atoms with Crippen molar-refractivity contribution in [2.45, 2.75) is 12.2 Å². The van der Waals surface area contributed by atoms with Crippen molar-refractivity contribution in [3.8, 4) is 0 Å². The van der Waals surface area contributed by atoms with Crippen LogP contribution in [0.1, 0.15) is 5.69 Å². The number of pyridine rings is 2. The lowest BCUT2D eigenvalue weighted by Crippen LogP contribution is -2.53. The smallest absolute Gasteiger partial charge is 0.352 e. The zero-order valence-corrected chi connectivity index (χ0v) is 18.2. The molecule has 2 aliphatic rings. The second-order valence-corrected chi connectivity index (χ2v) is 8.51. The Morgan fingerprint density at radius 3 is 2.51 bits per heavy atom. The molecule has 0 radical (unpaired) electrons. The quantitative estimate of drug-likeness (QED) is 0.399. The molecule has 4 heterocycles. The van der Waals surface area contributed by atoms with Gasteiger partial charge < -0.3 is 9.80 Å². The Morgan fingerprint density at radius 2 is 1.69 bits per heavy atom. The summed E-state index contributed by atoms with van der Waals surface area (Å²) in [6.07, 6.45) is -3.15. The number of aromatic nitrogens is 2. The fourth-order valence-electron chi connectivity index (χ4n) is 4.86. The summed E-state index contributed by atoms with van der Waals surface area (Å²) < 4.78 is 39.3. The molecule has 2 saturated heterocycles. The highest BCUT2D eigenvalue weighted by Crippen LogP contribution is 2.35. The van der Waals surface area contributed by atoms with Crippen LogP contribution in [0.4, 0.5) is 29.5 Å². The number of hydrogen-bond acceptors (Lipinski definition) is 5. The number of halogens is 3. The molecule has 176 valence electrons. The highest BCUT2D eigenvalue weighted by atomic mass is 19.4. The zero-order chi connectivity index (χ0) is 24.3. The molecule has 2 aliphatic heterocycles. The summed E-state index contributed by atoms with van der Waals surface area (Å²) >= 11 is 0. The Labute approximate surface area is 197 Å². The number of carbonyl (C=O) groups is 2. The van der Waals surface area contributed by atoms with Crippen LogP contribution in [0.15, 0.2) is 66.9 Å². The Hall–Kier alpha value is -4.21. The Morgan fingerprint density at radius 1 is 0.886 bits per heavy atom. The molecule has 7 nitrogen and oxygen atoms in total. The van der Waals surface area contributed by atoms with Gasteiger partial charge >= 0.3 is 12.2 Å². The van der Waals surface area contributed by atoms with Gasteiger partial charge in [0.05, 0.1) is 11.2 Å². The average Bonchev–Trinajstić information content (AvgIpc) is 3.11. The number of piperazine rings is 1. The molecule has 0 saturated carbocycles. The van der Waals surface area contributed by atoms with Crippen LogP contribution in [0.25, 0.3) is 21.7 Å². The van der Waals surface area contributed by atoms with E-state index in [1.54, 1.807) is 11.0 Å². The summed E-state index contributed by atoms with van der Waals surface area (Å²) in [7, 11) is 0. The number of nitrogens with zero attached hydrogens (tertiary/aromatic N) is 5. The largest absolute Gasteiger partial charge is 0.433 e. The first kappa shape index (κ1) is 21.3. The third-order valence-electron chi connectivity index (χ3n) is 6.52. The van der Waals surface area contributed by atoms with Gasteiger partial charge in [-0.05, 0) is 29.7 Å². The second kappa shape index (κ2) is 7.66. The fourth-order valence-corrected chi connectivity index (χ4v) is 4.86. The van der Waals surface area contributed by atoms with E-state index in [1.807, 2.05) is 41.3 Å². The summed E-state index contributed by atoms with van der Waals surface area (Å²) in [6.45, 7) is 0.841. The lowest BCUT2D eigenvalue weighted by Gasteiger charge is -2.36. The summed E-state index contributed by atoms with van der Waals surface area (Å²) in [5, 5.41) is 2.18. The number of hydrogen-bond donors (Lipinski definition) is 0. The standard InChI is InChI=1S/C25H18F3N5O2/c26-25(27,28)21-9-8-17-18(30-21)10-11-29-22(17)31-12-13-32-20(14-31)23(34)33(24(32)35)19-7-3-5-15-4-1-2-6-16(15)19/h1-11,20H,12-14H2. The van der Waals surface area contributed by atoms with Crippen LogP contribution in [0.3, 0.4) is 0 Å². The molecular formula is C25H18F3N5O2. The van der Waals surface area contributed by atoms with Gasteiger partial charge in [-0.15, -0.1) is 0 Å². The number of fused-ring (bicyclic) bond motifs is 3. The van der Waals surface area contributed by atoms with E-state index < -0.39 is 17.9 Å². The number of amides is 3. The average molecular weight is 477 g/mol. The number of urea groups is 1. The molecule has 0 spiro atoms. The molecule has 1 atom stereocenters. The second-order valence-electron chi connectivity index (χ2n) is 8.51. The third kappa shape index (κ3) is 3.36. The van der Waals surface area contributed by atoms with Crippen molar-refractivity contribution in [1.82, 2.24) is 14.9 Å². The first-order valence-electron chi connectivity index (χ1n) is 11.0. The monoisotopic (exact) mass is 477 g/mol. The molecule has 10 heteroatoms. The van der Waals surface area contributed by atoms with E-state index in [0.29, 0.717) is 23.4 Å². The number of alkyl halides is 3. The first-order valence-corrected chi connectivity index (χ1v) is 11.0. The van der Waals surface area contributed by atoms with Crippen LogP contribution in [0.5, 0.6) is 0 Å². The van der Waals surface area contributed by atoms with Crippen LogP contribution >= 0.6 is 0 Å². The maximum absolute atomic E-state index is 13.5. The molecule has 0 N–H and O–H groups in total. The molecule has 2 fully saturated rings. The van der Waals surface area contributed by atoms with E-state index in [2.05, 4.69) is 9.97 Å². The van der Waals surface area contributed by atoms with Gasteiger partial charge in [0.2, 0.25) is 0 Å². The Balaban J connectivity index is 1.34. The number of anilines is 2. The van der Waals surface area contributed by atoms with E-state index in [4.69, 9.17) is 0 Å². The van der Waals surface area contributed by atoms with Crippen molar-refractivity contribution >= 4 is 45.1 Å². The Kier molecular flexibility index (Phi) is 4.67. The molecule has 2 aromatic carbocycles. The highest BCUT2D eigenvalue weighted by Gasteiger charge is 2.49. The van der Waals surface area contributed by atoms with Crippen LogP contribution in [-0.2, 0) is 11.0 Å². The van der Waals surface area contributed by atoms with Gasteiger partial charge in [0.15, 0.2) is 0 Å². The van der Waals surface area contributed by atoms with Crippen LogP contribution in [-0.4, -0.2) is 52.5 Å². The predicted octanol–water partition coefficient (Wildman–Crippen LogP) is 4.46. The highest BCUT2D eigenvalue weighted by molar-refractivity contribution is 6.24. The van der Waals surface area contributed by atoms with Crippen molar-refractivity contribution in [2.24, 2.45) is 0 Å². The van der Waals surface area contributed by atoms with E-state index in [9.17, 15) is 22.8 Å². The Bertz CT molecular complexity index is 1500. The molecule has 6 rings (SSSR count). The summed E-state index contributed by atoms with van der Waals surface area (Å²) in [5.74, 6) is 0.0982. The molecule has 3 amide bonds. The predicted molar refractivity (Wildman–Crippen MR) is 124 cm³/mol. The molecule has 2 aromatic heterocycles. The lowest BCUT2D eigenvalue weighted by atomic mass is 10.1. The minimum absolute atomic E-state index is 0.165. The summed E-state index contributed by atoms with van der Waals surface area (Å²) in [6, 6.07) is 15.6. The number of benzene rings is 2. The molecule has 0 aliphatic carbocycles. The van der Waals surface area contributed by atoms with Gasteiger partial charge in [0, 0.05) is 36.6 Å². The van der Waals surface area contributed by atoms with Crippen molar-refractivity contribution < 1.29 is 22.8 Å². The van der Waals surface area contributed by atoms with Crippen LogP contribution in [0.2, 0.25) is 0 Å². The topological polar surface area (TPSA) is 69.6 Å².